The molecule has 1 fully saturated rings. The third-order valence-electron chi connectivity index (χ3n) is 4.57. The maximum atomic E-state index is 12.6. The van der Waals surface area contributed by atoms with Crippen molar-refractivity contribution in [1.82, 2.24) is 14.7 Å². The molecule has 2 bridgehead atoms. The van der Waals surface area contributed by atoms with Gasteiger partial charge in [-0.25, -0.2) is 4.79 Å². The average Bonchev–Trinajstić information content (AvgIpc) is 2.92. The monoisotopic (exact) mass is 317 g/mol. The predicted octanol–water partition coefficient (Wildman–Crippen LogP) is 3.85. The topological polar surface area (TPSA) is 47.4 Å². The van der Waals surface area contributed by atoms with E-state index in [9.17, 15) is 4.79 Å². The summed E-state index contributed by atoms with van der Waals surface area (Å²) in [6.45, 7) is 8.73. The van der Waals surface area contributed by atoms with Crippen LogP contribution in [-0.4, -0.2) is 38.5 Å². The van der Waals surface area contributed by atoms with Crippen LogP contribution >= 0.6 is 0 Å². The van der Waals surface area contributed by atoms with Gasteiger partial charge in [-0.05, 0) is 59.0 Å². The molecule has 1 aromatic rings. The minimum Gasteiger partial charge on any atom is -0.444 e. The predicted molar refractivity (Wildman–Crippen MR) is 90.0 cm³/mol. The Hall–Kier alpha value is -1.78. The Kier molecular flexibility index (Phi) is 4.21. The fourth-order valence-electron chi connectivity index (χ4n) is 3.55. The summed E-state index contributed by atoms with van der Waals surface area (Å²) in [5, 5.41) is 4.38. The van der Waals surface area contributed by atoms with Crippen molar-refractivity contribution >= 4 is 11.7 Å². The van der Waals surface area contributed by atoms with E-state index in [-0.39, 0.29) is 18.2 Å². The molecule has 2 aliphatic heterocycles. The first-order valence-electron chi connectivity index (χ1n) is 8.62. The summed E-state index contributed by atoms with van der Waals surface area (Å²) in [5.74, 6) is 0. The maximum Gasteiger partial charge on any atom is 0.411 e. The number of piperidine rings is 1. The zero-order valence-electron chi connectivity index (χ0n) is 14.6. The molecule has 0 spiro atoms. The highest BCUT2D eigenvalue weighted by atomic mass is 16.6. The molecular formula is C18H27N3O2. The molecule has 0 aromatic carbocycles. The van der Waals surface area contributed by atoms with E-state index in [4.69, 9.17) is 4.74 Å². The van der Waals surface area contributed by atoms with Gasteiger partial charge in [-0.1, -0.05) is 6.08 Å². The number of hydrogen-bond acceptors (Lipinski definition) is 3. The molecule has 5 heteroatoms. The summed E-state index contributed by atoms with van der Waals surface area (Å²) in [6, 6.07) is 0.394. The van der Waals surface area contributed by atoms with Crippen molar-refractivity contribution in [2.75, 3.05) is 0 Å². The molecule has 1 aromatic heterocycles. The van der Waals surface area contributed by atoms with E-state index in [2.05, 4.69) is 24.3 Å². The SMILES string of the molecule is CCn1cc(C2=CC3CCCC(C2)N3C(=O)OC(C)(C)C)cn1. The fraction of sp³-hybridized carbons (Fsp3) is 0.667. The first kappa shape index (κ1) is 16.1. The number of carbonyl (C=O) groups is 1. The van der Waals surface area contributed by atoms with Crippen LogP contribution in [0.25, 0.3) is 5.57 Å². The molecule has 1 saturated heterocycles. The number of aromatic nitrogens is 2. The molecule has 0 aliphatic carbocycles. The lowest BCUT2D eigenvalue weighted by Crippen LogP contribution is -2.52. The van der Waals surface area contributed by atoms with Gasteiger partial charge in [0, 0.05) is 24.3 Å². The van der Waals surface area contributed by atoms with Gasteiger partial charge in [-0.15, -0.1) is 0 Å². The quantitative estimate of drug-likeness (QED) is 0.832. The van der Waals surface area contributed by atoms with Gasteiger partial charge in [0.2, 0.25) is 0 Å². The van der Waals surface area contributed by atoms with Crippen molar-refractivity contribution < 1.29 is 9.53 Å². The molecule has 3 rings (SSSR count). The number of ether oxygens (including phenoxy) is 1. The van der Waals surface area contributed by atoms with Crippen molar-refractivity contribution in [2.45, 2.75) is 77.6 Å². The second-order valence-corrected chi connectivity index (χ2v) is 7.52. The molecule has 23 heavy (non-hydrogen) atoms. The standard InChI is InChI=1S/C18H27N3O2/c1-5-20-12-14(11-19-20)13-9-15-7-6-8-16(10-13)21(15)17(22)23-18(2,3)4/h9,11-12,15-16H,5-8,10H2,1-4H3. The van der Waals surface area contributed by atoms with Crippen molar-refractivity contribution in [1.29, 1.82) is 0 Å². The van der Waals surface area contributed by atoms with E-state index >= 15 is 0 Å². The number of amides is 1. The Balaban J connectivity index is 1.82. The van der Waals surface area contributed by atoms with Crippen LogP contribution in [0.1, 0.15) is 58.9 Å². The van der Waals surface area contributed by atoms with Gasteiger partial charge in [0.1, 0.15) is 5.60 Å². The molecule has 2 atom stereocenters. The summed E-state index contributed by atoms with van der Waals surface area (Å²) >= 11 is 0. The van der Waals surface area contributed by atoms with Crippen molar-refractivity contribution in [3.05, 3.63) is 24.0 Å². The number of aryl methyl sites for hydroxylation is 1. The van der Waals surface area contributed by atoms with Crippen molar-refractivity contribution in [3.63, 3.8) is 0 Å². The van der Waals surface area contributed by atoms with E-state index < -0.39 is 5.60 Å². The second-order valence-electron chi connectivity index (χ2n) is 7.52. The lowest BCUT2D eigenvalue weighted by Gasteiger charge is -2.45. The van der Waals surface area contributed by atoms with Crippen LogP contribution in [0.5, 0.6) is 0 Å². The van der Waals surface area contributed by atoms with E-state index in [1.165, 1.54) is 17.6 Å². The normalized spacial score (nSPS) is 24.3. The molecule has 0 saturated carbocycles. The van der Waals surface area contributed by atoms with E-state index in [0.29, 0.717) is 0 Å². The summed E-state index contributed by atoms with van der Waals surface area (Å²) in [5.41, 5.74) is 2.06. The Morgan fingerprint density at radius 3 is 2.78 bits per heavy atom. The molecule has 126 valence electrons. The zero-order valence-corrected chi connectivity index (χ0v) is 14.6. The highest BCUT2D eigenvalue weighted by molar-refractivity contribution is 5.74. The van der Waals surface area contributed by atoms with Crippen molar-refractivity contribution in [2.24, 2.45) is 0 Å². The average molecular weight is 317 g/mol. The smallest absolute Gasteiger partial charge is 0.411 e. The minimum atomic E-state index is -0.447. The summed E-state index contributed by atoms with van der Waals surface area (Å²) in [7, 11) is 0. The Labute approximate surface area is 138 Å². The zero-order chi connectivity index (χ0) is 16.6. The molecule has 2 unspecified atom stereocenters. The largest absolute Gasteiger partial charge is 0.444 e. The number of nitrogens with zero attached hydrogens (tertiary/aromatic N) is 3. The van der Waals surface area contributed by atoms with Crippen molar-refractivity contribution in [3.8, 4) is 0 Å². The number of fused-ring (bicyclic) bond motifs is 2. The van der Waals surface area contributed by atoms with Gasteiger partial charge in [0.15, 0.2) is 0 Å². The molecular weight excluding hydrogens is 290 g/mol. The van der Waals surface area contributed by atoms with Crippen LogP contribution < -0.4 is 0 Å². The van der Waals surface area contributed by atoms with Crippen LogP contribution in [0, 0.1) is 0 Å². The van der Waals surface area contributed by atoms with Crippen LogP contribution in [-0.2, 0) is 11.3 Å². The Morgan fingerprint density at radius 2 is 2.17 bits per heavy atom. The maximum absolute atomic E-state index is 12.6. The van der Waals surface area contributed by atoms with E-state index in [1.54, 1.807) is 0 Å². The molecule has 0 N–H and O–H groups in total. The minimum absolute atomic E-state index is 0.150. The number of hydrogen-bond donors (Lipinski definition) is 0. The van der Waals surface area contributed by atoms with Gasteiger partial charge in [0.25, 0.3) is 0 Å². The molecule has 5 nitrogen and oxygen atoms in total. The molecule has 0 radical (unpaired) electrons. The summed E-state index contributed by atoms with van der Waals surface area (Å²) < 4.78 is 7.57. The highest BCUT2D eigenvalue weighted by Gasteiger charge is 2.39. The van der Waals surface area contributed by atoms with Gasteiger partial charge in [0.05, 0.1) is 12.2 Å². The third-order valence-corrected chi connectivity index (χ3v) is 4.57. The van der Waals surface area contributed by atoms with E-state index in [0.717, 1.165) is 25.8 Å². The molecule has 2 aliphatic rings. The summed E-state index contributed by atoms with van der Waals surface area (Å²) in [4.78, 5) is 14.5. The molecule has 3 heterocycles. The van der Waals surface area contributed by atoms with Crippen LogP contribution in [0.2, 0.25) is 0 Å². The number of carbonyl (C=O) groups excluding carboxylic acids is 1. The Morgan fingerprint density at radius 1 is 1.39 bits per heavy atom. The van der Waals surface area contributed by atoms with Gasteiger partial charge in [-0.3, -0.25) is 9.58 Å². The first-order valence-corrected chi connectivity index (χ1v) is 8.62. The van der Waals surface area contributed by atoms with E-state index in [1.807, 2.05) is 36.5 Å². The third kappa shape index (κ3) is 3.43. The van der Waals surface area contributed by atoms with Crippen LogP contribution in [0.15, 0.2) is 18.5 Å². The van der Waals surface area contributed by atoms with Gasteiger partial charge in [-0.2, -0.15) is 5.10 Å². The van der Waals surface area contributed by atoms with Gasteiger partial charge >= 0.3 is 6.09 Å². The first-order chi connectivity index (χ1) is 10.9. The Bertz CT molecular complexity index is 612. The highest BCUT2D eigenvalue weighted by Crippen LogP contribution is 2.37. The number of rotatable bonds is 2. The fourth-order valence-corrected chi connectivity index (χ4v) is 3.55. The van der Waals surface area contributed by atoms with Crippen LogP contribution in [0.3, 0.4) is 0 Å². The lowest BCUT2D eigenvalue weighted by atomic mass is 9.84. The van der Waals surface area contributed by atoms with Crippen LogP contribution in [0.4, 0.5) is 4.79 Å². The molecule has 1 amide bonds. The van der Waals surface area contributed by atoms with Gasteiger partial charge < -0.3 is 4.74 Å². The second kappa shape index (κ2) is 6.02. The lowest BCUT2D eigenvalue weighted by molar-refractivity contribution is 0.0000862. The summed E-state index contributed by atoms with van der Waals surface area (Å²) in [6.07, 6.45) is 10.2.